The number of aliphatic hydroxyl groups is 1. The molecule has 1 spiro atoms. The van der Waals surface area contributed by atoms with Crippen molar-refractivity contribution in [1.29, 1.82) is 0 Å². The number of anilines is 2. The van der Waals surface area contributed by atoms with Crippen LogP contribution in [0.5, 0.6) is 0 Å². The molecule has 2 aliphatic rings. The molecule has 0 radical (unpaired) electrons. The number of halogens is 1. The van der Waals surface area contributed by atoms with Crippen molar-refractivity contribution in [3.8, 4) is 0 Å². The molecule has 1 fully saturated rings. The van der Waals surface area contributed by atoms with E-state index in [2.05, 4.69) is 10.3 Å². The number of aliphatic hydroxyl groups excluding tert-OH is 1. The Kier molecular flexibility index (Phi) is 11.7. The lowest BCUT2D eigenvalue weighted by molar-refractivity contribution is -0.149. The number of rotatable bonds is 15. The number of benzene rings is 3. The number of aromatic amines is 1. The second-order valence-electron chi connectivity index (χ2n) is 14.8. The zero-order valence-electron chi connectivity index (χ0n) is 31.3. The van der Waals surface area contributed by atoms with E-state index in [1.165, 1.54) is 12.0 Å². The average Bonchev–Trinajstić information content (AvgIpc) is 3.76. The fourth-order valence-corrected chi connectivity index (χ4v) is 10.9. The first-order chi connectivity index (χ1) is 25.9. The van der Waals surface area contributed by atoms with E-state index >= 15 is 4.11 Å². The minimum absolute atomic E-state index is 0.0883. The molecule has 2 aliphatic heterocycles. The van der Waals surface area contributed by atoms with Gasteiger partial charge in [-0.1, -0.05) is 55.5 Å². The first-order valence-corrected chi connectivity index (χ1v) is 21.5. The number of para-hydroxylation sites is 1. The van der Waals surface area contributed by atoms with Crippen LogP contribution in [0.2, 0.25) is 18.6 Å². The van der Waals surface area contributed by atoms with Crippen molar-refractivity contribution in [2.45, 2.75) is 75.9 Å². The molecule has 6 rings (SSSR count). The summed E-state index contributed by atoms with van der Waals surface area (Å²) in [6.45, 7) is 5.36. The summed E-state index contributed by atoms with van der Waals surface area (Å²) < 4.78 is 28.2. The summed E-state index contributed by atoms with van der Waals surface area (Å²) >= 11 is 0. The predicted molar refractivity (Wildman–Crippen MR) is 207 cm³/mol. The van der Waals surface area contributed by atoms with E-state index in [0.29, 0.717) is 29.8 Å². The Morgan fingerprint density at radius 2 is 1.81 bits per heavy atom. The van der Waals surface area contributed by atoms with E-state index in [4.69, 9.17) is 9.47 Å². The van der Waals surface area contributed by atoms with E-state index in [0.717, 1.165) is 22.0 Å². The van der Waals surface area contributed by atoms with Crippen LogP contribution in [0.1, 0.15) is 49.3 Å². The first-order valence-electron chi connectivity index (χ1n) is 18.5. The zero-order valence-corrected chi connectivity index (χ0v) is 32.3. The number of hydrogen-bond donors (Lipinski definition) is 3. The quantitative estimate of drug-likeness (QED) is 0.0566. The van der Waals surface area contributed by atoms with Crippen LogP contribution >= 0.6 is 0 Å². The van der Waals surface area contributed by atoms with E-state index < -0.39 is 31.6 Å². The normalized spacial score (nSPS) is 20.7. The molecule has 3 N–H and O–H groups in total. The summed E-state index contributed by atoms with van der Waals surface area (Å²) in [4.78, 5) is 60.4. The molecule has 3 aromatic carbocycles. The van der Waals surface area contributed by atoms with E-state index in [1.54, 1.807) is 36.2 Å². The largest absolute Gasteiger partial charge is 0.469 e. The van der Waals surface area contributed by atoms with Gasteiger partial charge in [0.15, 0.2) is 5.60 Å². The number of aromatic nitrogens is 1. The van der Waals surface area contributed by atoms with Crippen LogP contribution in [-0.2, 0) is 47.2 Å². The lowest BCUT2D eigenvalue weighted by Crippen LogP contribution is -2.45. The van der Waals surface area contributed by atoms with Crippen molar-refractivity contribution in [3.05, 3.63) is 95.7 Å². The van der Waals surface area contributed by atoms with Crippen LogP contribution in [0.4, 0.5) is 15.5 Å². The van der Waals surface area contributed by atoms with E-state index in [9.17, 15) is 24.3 Å². The summed E-state index contributed by atoms with van der Waals surface area (Å²) in [7, 11) is -2.26. The number of amides is 3. The van der Waals surface area contributed by atoms with Crippen molar-refractivity contribution in [1.82, 2.24) is 9.88 Å². The SMILES string of the molecule is COC(=O)CCCCN1C(=O)[C@]2(O[C@H](CC(=O)N(CCO)Cc3ccccc3)[C@@H]([Si](C)(C)F)[C@@H]2C)c2cc(NC(=O)Cc3c[nH]c4ccccc34)ccc21. The molecule has 1 aromatic heterocycles. The number of unbranched alkanes of at least 4 members (excludes halogenated alkanes) is 1. The highest BCUT2D eigenvalue weighted by molar-refractivity contribution is 6.72. The van der Waals surface area contributed by atoms with Gasteiger partial charge in [-0.05, 0) is 61.3 Å². The van der Waals surface area contributed by atoms with Gasteiger partial charge in [-0.2, -0.15) is 0 Å². The first kappa shape index (κ1) is 38.9. The molecule has 286 valence electrons. The predicted octanol–water partition coefficient (Wildman–Crippen LogP) is 6.23. The molecule has 0 aliphatic carbocycles. The third-order valence-corrected chi connectivity index (χ3v) is 13.3. The maximum Gasteiger partial charge on any atom is 0.305 e. The van der Waals surface area contributed by atoms with Crippen molar-refractivity contribution in [3.63, 3.8) is 0 Å². The Morgan fingerprint density at radius 1 is 1.07 bits per heavy atom. The Morgan fingerprint density at radius 3 is 2.54 bits per heavy atom. The number of esters is 1. The van der Waals surface area contributed by atoms with Gasteiger partial charge in [-0.3, -0.25) is 19.2 Å². The molecule has 4 aromatic rings. The van der Waals surface area contributed by atoms with Crippen LogP contribution in [0.3, 0.4) is 0 Å². The summed E-state index contributed by atoms with van der Waals surface area (Å²) in [5, 5.41) is 13.8. The van der Waals surface area contributed by atoms with Gasteiger partial charge < -0.3 is 38.8 Å². The number of carbonyl (C=O) groups excluding carboxylic acids is 4. The monoisotopic (exact) mass is 756 g/mol. The highest BCUT2D eigenvalue weighted by Crippen LogP contribution is 2.60. The highest BCUT2D eigenvalue weighted by atomic mass is 28.4. The standard InChI is InChI=1S/C41H49FN4O7Si/c1-27-39(54(3,4)42)35(24-37(49)45(20-21-47)26-28-12-6-5-7-13-28)53-41(27)32-23-30(44-36(48)22-29-25-43-33-15-9-8-14-31(29)33)17-18-34(32)46(40(41)51)19-11-10-16-38(50)52-2/h5-9,12-15,17-18,23,25,27,35,39,43,47H,10-11,16,19-22,24,26H2,1-4H3,(H,44,48)/t27-,35+,39-,41+/m0/s1. The van der Waals surface area contributed by atoms with Crippen molar-refractivity contribution in [2.75, 3.05) is 37.0 Å². The maximum absolute atomic E-state index is 16.5. The van der Waals surface area contributed by atoms with Crippen molar-refractivity contribution >= 4 is 54.4 Å². The lowest BCUT2D eigenvalue weighted by Gasteiger charge is -2.31. The lowest BCUT2D eigenvalue weighted by atomic mass is 9.82. The molecule has 4 atom stereocenters. The second kappa shape index (κ2) is 16.3. The van der Waals surface area contributed by atoms with Gasteiger partial charge in [0.1, 0.15) is 0 Å². The van der Waals surface area contributed by atoms with Crippen molar-refractivity contribution in [2.24, 2.45) is 5.92 Å². The van der Waals surface area contributed by atoms with Crippen LogP contribution in [0, 0.1) is 5.92 Å². The summed E-state index contributed by atoms with van der Waals surface area (Å²) in [6.07, 6.45) is 2.03. The van der Waals surface area contributed by atoms with Crippen LogP contribution in [0.25, 0.3) is 10.9 Å². The number of carbonyl (C=O) groups is 4. The third kappa shape index (κ3) is 7.84. The topological polar surface area (TPSA) is 141 Å². The van der Waals surface area contributed by atoms with E-state index in [1.807, 2.05) is 67.7 Å². The Bertz CT molecular complexity index is 2000. The van der Waals surface area contributed by atoms with Gasteiger partial charge in [0.05, 0.1) is 38.3 Å². The van der Waals surface area contributed by atoms with Crippen LogP contribution in [-0.4, -0.2) is 80.0 Å². The Balaban J connectivity index is 1.32. The molecule has 11 nitrogen and oxygen atoms in total. The Hall–Kier alpha value is -4.85. The number of nitrogens with one attached hydrogen (secondary N) is 2. The number of methoxy groups -OCH3 is 1. The van der Waals surface area contributed by atoms with Crippen LogP contribution < -0.4 is 10.2 Å². The number of fused-ring (bicyclic) bond motifs is 3. The maximum atomic E-state index is 16.5. The Labute approximate surface area is 316 Å². The second-order valence-corrected chi connectivity index (χ2v) is 18.6. The van der Waals surface area contributed by atoms with Crippen molar-refractivity contribution < 1.29 is 37.9 Å². The summed E-state index contributed by atoms with van der Waals surface area (Å²) in [5.74, 6) is -1.92. The minimum Gasteiger partial charge on any atom is -0.469 e. The fraction of sp³-hybridized carbons (Fsp3) is 0.415. The number of H-pyrrole nitrogens is 1. The molecular weight excluding hydrogens is 708 g/mol. The van der Waals surface area contributed by atoms with Gasteiger partial charge in [-0.25, -0.2) is 0 Å². The van der Waals surface area contributed by atoms with Gasteiger partial charge >= 0.3 is 5.97 Å². The van der Waals surface area contributed by atoms with E-state index in [-0.39, 0.29) is 69.2 Å². The zero-order chi connectivity index (χ0) is 38.6. The minimum atomic E-state index is -3.60. The smallest absolute Gasteiger partial charge is 0.305 e. The fourth-order valence-electron chi connectivity index (χ4n) is 8.36. The summed E-state index contributed by atoms with van der Waals surface area (Å²) in [5.41, 5.74) is 1.85. The molecule has 3 heterocycles. The van der Waals surface area contributed by atoms with Gasteiger partial charge in [0.25, 0.3) is 5.91 Å². The molecule has 3 amide bonds. The molecule has 0 bridgehead atoms. The number of hydrogen-bond acceptors (Lipinski definition) is 7. The molecule has 13 heteroatoms. The molecule has 54 heavy (non-hydrogen) atoms. The average molecular weight is 757 g/mol. The summed E-state index contributed by atoms with van der Waals surface area (Å²) in [6, 6.07) is 22.4. The van der Waals surface area contributed by atoms with Gasteiger partial charge in [0.2, 0.25) is 20.2 Å². The van der Waals surface area contributed by atoms with Crippen LogP contribution in [0.15, 0.2) is 79.0 Å². The molecule has 1 saturated heterocycles. The van der Waals surface area contributed by atoms with Gasteiger partial charge in [0, 0.05) is 65.9 Å². The molecule has 0 saturated carbocycles. The number of ether oxygens (including phenoxy) is 2. The van der Waals surface area contributed by atoms with Gasteiger partial charge in [-0.15, -0.1) is 0 Å². The number of nitrogens with zero attached hydrogens (tertiary/aromatic N) is 2. The molecule has 0 unspecified atom stereocenters. The highest BCUT2D eigenvalue weighted by Gasteiger charge is 2.67. The third-order valence-electron chi connectivity index (χ3n) is 10.8. The molecular formula is C41H49FN4O7Si.